The second kappa shape index (κ2) is 15.1. The molecule has 10 nitrogen and oxygen atoms in total. The highest BCUT2D eigenvalue weighted by Gasteiger charge is 2.36. The number of carbonyl (C=O) groups excluding carboxylic acids is 3. The second-order valence-electron chi connectivity index (χ2n) is 10.8. The molecule has 1 aliphatic rings. The molecule has 5 rings (SSSR count). The molecule has 0 radical (unpaired) electrons. The summed E-state index contributed by atoms with van der Waals surface area (Å²) in [5, 5.41) is 5.27. The number of rotatable bonds is 12. The monoisotopic (exact) mass is 632 g/mol. The Morgan fingerprint density at radius 3 is 2.51 bits per heavy atom. The number of hydrogen-bond acceptors (Lipinski definition) is 10. The lowest BCUT2D eigenvalue weighted by Crippen LogP contribution is -2.53. The van der Waals surface area contributed by atoms with Gasteiger partial charge in [0.05, 0.1) is 12.6 Å². The third kappa shape index (κ3) is 8.23. The molecule has 1 aliphatic heterocycles. The molecule has 11 heteroatoms. The molecule has 0 aliphatic carbocycles. The smallest absolute Gasteiger partial charge is 0.465 e. The van der Waals surface area contributed by atoms with Crippen LogP contribution in [0.5, 0.6) is 0 Å². The Hall–Kier alpha value is -4.35. The summed E-state index contributed by atoms with van der Waals surface area (Å²) >= 11 is 1.60. The van der Waals surface area contributed by atoms with E-state index in [-0.39, 0.29) is 49.0 Å². The number of esters is 2. The molecular formula is C34H36N2O8S. The van der Waals surface area contributed by atoms with E-state index in [1.54, 1.807) is 18.7 Å². The van der Waals surface area contributed by atoms with Crippen LogP contribution in [0.3, 0.4) is 0 Å². The van der Waals surface area contributed by atoms with Crippen LogP contribution in [0.1, 0.15) is 41.2 Å². The standard InChI is InChI=1S/C34H36N2O8S/c1-3-41-33(39)27(17-16-23-10-5-4-6-11-23)35-28-21-45-30(26-15-9-13-24-12-7-8-14-25(24)26)18-36(32(28)38)19-31(37)42-20-29-22(2)43-34(40)44-29/h4-15,27-28,30,35H,3,16-21H2,1-2H3. The van der Waals surface area contributed by atoms with Crippen LogP contribution in [0.15, 0.2) is 86.4 Å². The lowest BCUT2D eigenvalue weighted by Gasteiger charge is -2.27. The summed E-state index contributed by atoms with van der Waals surface area (Å²) in [4.78, 5) is 53.0. The van der Waals surface area contributed by atoms with E-state index in [9.17, 15) is 19.2 Å². The van der Waals surface area contributed by atoms with E-state index >= 15 is 0 Å². The third-order valence-electron chi connectivity index (χ3n) is 7.69. The quantitative estimate of drug-likeness (QED) is 0.222. The van der Waals surface area contributed by atoms with Gasteiger partial charge in [-0.05, 0) is 48.6 Å². The minimum atomic E-state index is -0.881. The first kappa shape index (κ1) is 32.1. The SMILES string of the molecule is CCOC(=O)C(CCc1ccccc1)NC1CSC(c2cccc3ccccc23)CN(CC(=O)OCc2oc(=O)oc2C)C1=O. The molecular weight excluding hydrogens is 596 g/mol. The van der Waals surface area contributed by atoms with Gasteiger partial charge < -0.3 is 23.2 Å². The number of fused-ring (bicyclic) bond motifs is 1. The van der Waals surface area contributed by atoms with Crippen molar-refractivity contribution >= 4 is 40.4 Å². The minimum Gasteiger partial charge on any atom is -0.465 e. The number of hydrogen-bond donors (Lipinski definition) is 1. The Kier molecular flexibility index (Phi) is 10.7. The first-order valence-corrected chi connectivity index (χ1v) is 16.0. The van der Waals surface area contributed by atoms with Gasteiger partial charge in [0.15, 0.2) is 18.1 Å². The van der Waals surface area contributed by atoms with Gasteiger partial charge >= 0.3 is 17.8 Å². The number of ether oxygens (including phenoxy) is 2. The molecule has 1 aromatic heterocycles. The number of benzene rings is 3. The molecule has 0 bridgehead atoms. The molecule has 3 atom stereocenters. The number of amides is 1. The lowest BCUT2D eigenvalue weighted by atomic mass is 10.0. The Morgan fingerprint density at radius 2 is 1.76 bits per heavy atom. The largest absolute Gasteiger partial charge is 0.519 e. The van der Waals surface area contributed by atoms with Crippen molar-refractivity contribution < 1.29 is 32.7 Å². The van der Waals surface area contributed by atoms with Gasteiger partial charge in [-0.25, -0.2) is 4.79 Å². The predicted molar refractivity (Wildman–Crippen MR) is 170 cm³/mol. The van der Waals surface area contributed by atoms with Crippen LogP contribution in [0.2, 0.25) is 0 Å². The van der Waals surface area contributed by atoms with Crippen molar-refractivity contribution in [3.8, 4) is 0 Å². The van der Waals surface area contributed by atoms with Gasteiger partial charge in [-0.15, -0.1) is 11.8 Å². The van der Waals surface area contributed by atoms with Gasteiger partial charge in [-0.3, -0.25) is 19.7 Å². The van der Waals surface area contributed by atoms with Crippen molar-refractivity contribution in [3.63, 3.8) is 0 Å². The molecule has 1 fully saturated rings. The molecule has 3 unspecified atom stereocenters. The lowest BCUT2D eigenvalue weighted by molar-refractivity contribution is -0.152. The molecule has 236 valence electrons. The fraction of sp³-hybridized carbons (Fsp3) is 0.353. The van der Waals surface area contributed by atoms with E-state index in [2.05, 4.69) is 5.32 Å². The van der Waals surface area contributed by atoms with Crippen LogP contribution in [0.25, 0.3) is 10.8 Å². The van der Waals surface area contributed by atoms with Crippen molar-refractivity contribution in [3.05, 3.63) is 106 Å². The molecule has 0 saturated carbocycles. The van der Waals surface area contributed by atoms with Gasteiger partial charge in [0.2, 0.25) is 5.91 Å². The van der Waals surface area contributed by atoms with E-state index in [1.807, 2.05) is 72.8 Å². The summed E-state index contributed by atoms with van der Waals surface area (Å²) in [6, 6.07) is 22.4. The predicted octanol–water partition coefficient (Wildman–Crippen LogP) is 4.58. The van der Waals surface area contributed by atoms with E-state index in [0.29, 0.717) is 18.6 Å². The number of carbonyl (C=O) groups is 3. The maximum atomic E-state index is 14.1. The van der Waals surface area contributed by atoms with Crippen LogP contribution in [-0.4, -0.2) is 60.3 Å². The van der Waals surface area contributed by atoms with Crippen molar-refractivity contribution in [2.24, 2.45) is 0 Å². The molecule has 45 heavy (non-hydrogen) atoms. The Bertz CT molecular complexity index is 1680. The van der Waals surface area contributed by atoms with E-state index in [1.165, 1.54) is 11.8 Å². The average molecular weight is 633 g/mol. The van der Waals surface area contributed by atoms with Crippen LogP contribution in [-0.2, 0) is 36.9 Å². The van der Waals surface area contributed by atoms with Crippen LogP contribution < -0.4 is 11.1 Å². The number of aryl methyl sites for hydroxylation is 2. The summed E-state index contributed by atoms with van der Waals surface area (Å²) in [5.74, 6) is -1.59. The van der Waals surface area contributed by atoms with Crippen LogP contribution in [0, 0.1) is 6.92 Å². The summed E-state index contributed by atoms with van der Waals surface area (Å²) in [7, 11) is 0. The Labute approximate surface area is 265 Å². The Balaban J connectivity index is 1.38. The summed E-state index contributed by atoms with van der Waals surface area (Å²) in [6.07, 6.45) is 1.05. The topological polar surface area (TPSA) is 128 Å². The highest BCUT2D eigenvalue weighted by Crippen LogP contribution is 2.37. The first-order valence-electron chi connectivity index (χ1n) is 14.9. The zero-order chi connectivity index (χ0) is 31.8. The third-order valence-corrected chi connectivity index (χ3v) is 9.02. The second-order valence-corrected chi connectivity index (χ2v) is 12.0. The molecule has 3 aromatic carbocycles. The zero-order valence-electron chi connectivity index (χ0n) is 25.2. The van der Waals surface area contributed by atoms with Crippen molar-refractivity contribution in [2.75, 3.05) is 25.4 Å². The van der Waals surface area contributed by atoms with E-state index < -0.39 is 29.8 Å². The van der Waals surface area contributed by atoms with E-state index in [0.717, 1.165) is 21.9 Å². The molecule has 2 heterocycles. The van der Waals surface area contributed by atoms with Crippen molar-refractivity contribution in [1.29, 1.82) is 0 Å². The maximum absolute atomic E-state index is 14.1. The highest BCUT2D eigenvalue weighted by atomic mass is 32.2. The first-order chi connectivity index (χ1) is 21.8. The van der Waals surface area contributed by atoms with Crippen molar-refractivity contribution in [2.45, 2.75) is 50.6 Å². The van der Waals surface area contributed by atoms with Gasteiger partial charge in [0, 0.05) is 17.5 Å². The zero-order valence-corrected chi connectivity index (χ0v) is 26.0. The van der Waals surface area contributed by atoms with Crippen LogP contribution >= 0.6 is 11.8 Å². The maximum Gasteiger partial charge on any atom is 0.519 e. The van der Waals surface area contributed by atoms with Gasteiger partial charge in [0.1, 0.15) is 12.6 Å². The van der Waals surface area contributed by atoms with E-state index in [4.69, 9.17) is 18.3 Å². The van der Waals surface area contributed by atoms with Gasteiger partial charge in [-0.1, -0.05) is 72.8 Å². The number of thioether (sulfide) groups is 1. The highest BCUT2D eigenvalue weighted by molar-refractivity contribution is 7.99. The fourth-order valence-corrected chi connectivity index (χ4v) is 6.73. The van der Waals surface area contributed by atoms with Gasteiger partial charge in [0.25, 0.3) is 0 Å². The van der Waals surface area contributed by atoms with Crippen molar-refractivity contribution in [1.82, 2.24) is 10.2 Å². The fourth-order valence-electron chi connectivity index (χ4n) is 5.39. The Morgan fingerprint density at radius 1 is 1.00 bits per heavy atom. The summed E-state index contributed by atoms with van der Waals surface area (Å²) in [5.41, 5.74) is 2.12. The summed E-state index contributed by atoms with van der Waals surface area (Å²) < 4.78 is 20.5. The van der Waals surface area contributed by atoms with Gasteiger partial charge in [-0.2, -0.15) is 0 Å². The van der Waals surface area contributed by atoms with Crippen LogP contribution in [0.4, 0.5) is 0 Å². The minimum absolute atomic E-state index is 0.106. The molecule has 4 aromatic rings. The summed E-state index contributed by atoms with van der Waals surface area (Å²) in [6.45, 7) is 3.12. The normalized spacial score (nSPS) is 17.6. The molecule has 1 saturated heterocycles. The molecule has 1 amide bonds. The molecule has 1 N–H and O–H groups in total. The number of nitrogens with zero attached hydrogens (tertiary/aromatic N) is 1. The number of nitrogens with one attached hydrogen (secondary N) is 1. The molecule has 0 spiro atoms. The average Bonchev–Trinajstić information content (AvgIpc) is 3.30.